The molecular weight excluding hydrogens is 561 g/mol. The summed E-state index contributed by atoms with van der Waals surface area (Å²) in [6, 6.07) is 4.16. The van der Waals surface area contributed by atoms with Crippen molar-refractivity contribution >= 4 is 17.5 Å². The van der Waals surface area contributed by atoms with Gasteiger partial charge >= 0.3 is 24.6 Å². The van der Waals surface area contributed by atoms with Crippen molar-refractivity contribution < 1.29 is 49.0 Å². The lowest BCUT2D eigenvalue weighted by Gasteiger charge is -2.28. The predicted octanol–water partition coefficient (Wildman–Crippen LogP) is 5.71. The molecule has 2 aromatic heterocycles. The first-order valence-corrected chi connectivity index (χ1v) is 10.9. The summed E-state index contributed by atoms with van der Waals surface area (Å²) >= 11 is 6.09. The van der Waals surface area contributed by atoms with E-state index in [-0.39, 0.29) is 32.4 Å². The molecule has 0 atom stereocenters. The van der Waals surface area contributed by atoms with Crippen molar-refractivity contribution in [3.05, 3.63) is 46.9 Å². The molecule has 17 heteroatoms. The quantitative estimate of drug-likeness (QED) is 0.367. The number of nitrogens with zero attached hydrogens (tertiary/aromatic N) is 4. The van der Waals surface area contributed by atoms with Gasteiger partial charge in [-0.25, -0.2) is 13.8 Å². The van der Waals surface area contributed by atoms with Crippen LogP contribution in [0.5, 0.6) is 5.75 Å². The number of hydrogen-bond acceptors (Lipinski definition) is 4. The van der Waals surface area contributed by atoms with Crippen LogP contribution in [-0.2, 0) is 12.7 Å². The third-order valence-corrected chi connectivity index (χ3v) is 5.88. The van der Waals surface area contributed by atoms with Gasteiger partial charge in [0.25, 0.3) is 5.91 Å². The summed E-state index contributed by atoms with van der Waals surface area (Å²) in [5, 5.41) is 9.53. The van der Waals surface area contributed by atoms with Crippen LogP contribution in [0.3, 0.4) is 0 Å². The lowest BCUT2D eigenvalue weighted by atomic mass is 9.99. The highest BCUT2D eigenvalue weighted by molar-refractivity contribution is 6.34. The molecule has 0 aliphatic heterocycles. The highest BCUT2D eigenvalue weighted by Crippen LogP contribution is 2.56. The minimum absolute atomic E-state index is 0.00767. The van der Waals surface area contributed by atoms with E-state index in [0.717, 1.165) is 32.3 Å². The van der Waals surface area contributed by atoms with Gasteiger partial charge in [0.2, 0.25) is 0 Å². The molecule has 4 rings (SSSR count). The Morgan fingerprint density at radius 2 is 1.74 bits per heavy atom. The van der Waals surface area contributed by atoms with E-state index in [0.29, 0.717) is 4.68 Å². The van der Waals surface area contributed by atoms with Crippen molar-refractivity contribution in [1.29, 1.82) is 0 Å². The second kappa shape index (κ2) is 9.39. The maximum absolute atomic E-state index is 14.7. The molecule has 1 aliphatic carbocycles. The predicted molar refractivity (Wildman–Crippen MR) is 113 cm³/mol. The van der Waals surface area contributed by atoms with E-state index in [1.165, 1.54) is 18.2 Å². The van der Waals surface area contributed by atoms with Gasteiger partial charge in [0, 0.05) is 24.8 Å². The average Bonchev–Trinajstić information content (AvgIpc) is 3.37. The normalized spacial score (nSPS) is 14.7. The number of amides is 1. The number of carbonyl (C=O) groups excluding carboxylic acids is 1. The smallest absolute Gasteiger partial charge is 0.429 e. The van der Waals surface area contributed by atoms with Gasteiger partial charge < -0.3 is 10.1 Å². The molecule has 38 heavy (non-hydrogen) atoms. The first-order valence-electron chi connectivity index (χ1n) is 10.5. The molecule has 1 aliphatic rings. The van der Waals surface area contributed by atoms with Crippen LogP contribution in [-0.4, -0.2) is 50.5 Å². The summed E-state index contributed by atoms with van der Waals surface area (Å²) in [6.07, 6.45) is -9.57. The SMILES string of the molecule is Cn1nc(C(F)(C(F)(F)F)C(F)(F)F)c(OC(F)F)c1-n1cc(-c2ccc(Cl)c(C(=O)NC3CC3)c2)cn1. The Bertz CT molecular complexity index is 1350. The van der Waals surface area contributed by atoms with Gasteiger partial charge in [0.15, 0.2) is 17.3 Å². The van der Waals surface area contributed by atoms with Gasteiger partial charge in [-0.05, 0) is 30.5 Å². The molecule has 0 saturated heterocycles. The number of rotatable bonds is 7. The Morgan fingerprint density at radius 3 is 2.29 bits per heavy atom. The summed E-state index contributed by atoms with van der Waals surface area (Å²) < 4.78 is 126. The number of ether oxygens (including phenoxy) is 1. The Balaban J connectivity index is 1.81. The third-order valence-electron chi connectivity index (χ3n) is 5.55. The van der Waals surface area contributed by atoms with Crippen LogP contribution < -0.4 is 10.1 Å². The average molecular weight is 576 g/mol. The number of nitrogens with one attached hydrogen (secondary N) is 1. The molecule has 1 saturated carbocycles. The van der Waals surface area contributed by atoms with E-state index < -0.39 is 47.8 Å². The summed E-state index contributed by atoms with van der Waals surface area (Å²) in [7, 11) is 0.786. The van der Waals surface area contributed by atoms with Crippen LogP contribution >= 0.6 is 11.6 Å². The molecule has 7 nitrogen and oxygen atoms in total. The monoisotopic (exact) mass is 575 g/mol. The summed E-state index contributed by atoms with van der Waals surface area (Å²) in [5.74, 6) is -3.26. The largest absolute Gasteiger partial charge is 0.437 e. The topological polar surface area (TPSA) is 74.0 Å². The van der Waals surface area contributed by atoms with Gasteiger partial charge in [-0.1, -0.05) is 17.7 Å². The fourth-order valence-corrected chi connectivity index (χ4v) is 3.76. The van der Waals surface area contributed by atoms with Crippen molar-refractivity contribution in [3.8, 4) is 22.7 Å². The zero-order valence-corrected chi connectivity index (χ0v) is 19.6. The van der Waals surface area contributed by atoms with E-state index in [2.05, 4.69) is 20.3 Å². The molecular formula is C21H15ClF9N5O2. The number of carbonyl (C=O) groups is 1. The van der Waals surface area contributed by atoms with Gasteiger partial charge in [-0.15, -0.1) is 0 Å². The fraction of sp³-hybridized carbons (Fsp3) is 0.381. The Hall–Kier alpha value is -3.43. The summed E-state index contributed by atoms with van der Waals surface area (Å²) in [4.78, 5) is 12.4. The van der Waals surface area contributed by atoms with Crippen molar-refractivity contribution in [2.75, 3.05) is 0 Å². The Kier molecular flexibility index (Phi) is 6.82. The van der Waals surface area contributed by atoms with E-state index >= 15 is 0 Å². The number of hydrogen-bond donors (Lipinski definition) is 1. The zero-order chi connectivity index (χ0) is 28.2. The number of alkyl halides is 9. The molecule has 0 radical (unpaired) electrons. The second-order valence-electron chi connectivity index (χ2n) is 8.27. The number of benzene rings is 1. The Morgan fingerprint density at radius 1 is 1.11 bits per heavy atom. The van der Waals surface area contributed by atoms with Gasteiger partial charge in [-0.3, -0.25) is 4.79 Å². The molecule has 1 amide bonds. The van der Waals surface area contributed by atoms with E-state index in [9.17, 15) is 44.3 Å². The van der Waals surface area contributed by atoms with Gasteiger partial charge in [0.1, 0.15) is 0 Å². The number of halogens is 10. The molecule has 0 unspecified atom stereocenters. The van der Waals surface area contributed by atoms with E-state index in [4.69, 9.17) is 11.6 Å². The molecule has 1 fully saturated rings. The highest BCUT2D eigenvalue weighted by Gasteiger charge is 2.76. The van der Waals surface area contributed by atoms with Crippen LogP contribution in [0.2, 0.25) is 5.02 Å². The maximum Gasteiger partial charge on any atom is 0.437 e. The highest BCUT2D eigenvalue weighted by atomic mass is 35.5. The first-order chi connectivity index (χ1) is 17.5. The minimum atomic E-state index is -6.63. The van der Waals surface area contributed by atoms with Crippen LogP contribution in [0.1, 0.15) is 28.9 Å². The van der Waals surface area contributed by atoms with Crippen LogP contribution in [0.15, 0.2) is 30.6 Å². The van der Waals surface area contributed by atoms with Gasteiger partial charge in [-0.2, -0.15) is 45.3 Å². The second-order valence-corrected chi connectivity index (χ2v) is 8.68. The molecule has 3 aromatic rings. The molecule has 1 N–H and O–H groups in total. The zero-order valence-electron chi connectivity index (χ0n) is 18.8. The van der Waals surface area contributed by atoms with Crippen LogP contribution in [0.4, 0.5) is 39.5 Å². The van der Waals surface area contributed by atoms with Crippen molar-refractivity contribution in [2.24, 2.45) is 7.05 Å². The molecule has 2 heterocycles. The van der Waals surface area contributed by atoms with E-state index in [1.807, 2.05) is 0 Å². The van der Waals surface area contributed by atoms with Crippen LogP contribution in [0, 0.1) is 0 Å². The lowest BCUT2D eigenvalue weighted by molar-refractivity contribution is -0.350. The van der Waals surface area contributed by atoms with Crippen molar-refractivity contribution in [1.82, 2.24) is 24.9 Å². The standard InChI is InChI=1S/C21H15ClF9N5O2/c1-35-17(14(38-18(23)24)15(34-35)19(25,20(26,27)28)21(29,30)31)36-8-10(7-32-36)9-2-5-13(22)12(6-9)16(37)33-11-3-4-11/h2,5-8,11,18H,3-4H2,1H3,(H,33,37). The molecule has 0 spiro atoms. The summed E-state index contributed by atoms with van der Waals surface area (Å²) in [5.41, 5.74) is -8.11. The fourth-order valence-electron chi connectivity index (χ4n) is 3.56. The maximum atomic E-state index is 14.7. The third kappa shape index (κ3) is 4.88. The van der Waals surface area contributed by atoms with Gasteiger partial charge in [0.05, 0.1) is 16.8 Å². The lowest BCUT2D eigenvalue weighted by Crippen LogP contribution is -2.51. The molecule has 1 aromatic carbocycles. The van der Waals surface area contributed by atoms with Crippen molar-refractivity contribution in [3.63, 3.8) is 0 Å². The first kappa shape index (κ1) is 27.6. The molecule has 0 bridgehead atoms. The van der Waals surface area contributed by atoms with Crippen LogP contribution in [0.25, 0.3) is 16.9 Å². The summed E-state index contributed by atoms with van der Waals surface area (Å²) in [6.45, 7) is -3.94. The number of aryl methyl sites for hydroxylation is 1. The molecule has 206 valence electrons. The number of aromatic nitrogens is 4. The van der Waals surface area contributed by atoms with Crippen molar-refractivity contribution in [2.45, 2.75) is 43.5 Å². The minimum Gasteiger partial charge on any atom is -0.429 e. The van der Waals surface area contributed by atoms with E-state index in [1.54, 1.807) is 0 Å². The Labute approximate surface area is 212 Å².